The van der Waals surface area contributed by atoms with Crippen LogP contribution in [0.3, 0.4) is 0 Å². The number of hydrogen-bond donors (Lipinski definition) is 12. The van der Waals surface area contributed by atoms with Crippen molar-refractivity contribution in [3.63, 3.8) is 0 Å². The highest BCUT2D eigenvalue weighted by atomic mass is 16.4. The summed E-state index contributed by atoms with van der Waals surface area (Å²) in [7, 11) is 0. The Hall–Kier alpha value is -5.75. The van der Waals surface area contributed by atoms with E-state index >= 15 is 0 Å². The molecule has 0 aromatic rings. The third-order valence-electron chi connectivity index (χ3n) is 8.30. The average Bonchev–Trinajstić information content (AvgIpc) is 3.13. The van der Waals surface area contributed by atoms with Crippen LogP contribution < -0.4 is 43.0 Å². The van der Waals surface area contributed by atoms with Gasteiger partial charge >= 0.3 is 23.9 Å². The number of carbonyl (C=O) groups is 11. The van der Waals surface area contributed by atoms with Crippen molar-refractivity contribution in [1.82, 2.24) is 42.1 Å². The van der Waals surface area contributed by atoms with E-state index in [4.69, 9.17) is 10.8 Å². The lowest BCUT2D eigenvalue weighted by atomic mass is 10.0. The molecular formula is C36H61N9O15. The van der Waals surface area contributed by atoms with E-state index in [0.29, 0.717) is 4.90 Å². The molecule has 24 heteroatoms. The molecule has 0 radical (unpaired) electrons. The van der Waals surface area contributed by atoms with Crippen molar-refractivity contribution in [3.05, 3.63) is 0 Å². The first-order chi connectivity index (χ1) is 27.7. The van der Waals surface area contributed by atoms with Crippen LogP contribution in [0.5, 0.6) is 0 Å². The predicted octanol–water partition coefficient (Wildman–Crippen LogP) is -3.41. The Labute approximate surface area is 346 Å². The maximum Gasteiger partial charge on any atom is 0.328 e. The van der Waals surface area contributed by atoms with Crippen LogP contribution in [-0.2, 0) is 52.7 Å². The molecule has 6 atom stereocenters. The number of carboxylic acid groups (broad SMARTS) is 4. The fraction of sp³-hybridized carbons (Fsp3) is 0.694. The highest BCUT2D eigenvalue weighted by Gasteiger charge is 2.35. The van der Waals surface area contributed by atoms with Crippen molar-refractivity contribution < 1.29 is 73.2 Å². The summed E-state index contributed by atoms with van der Waals surface area (Å²) < 4.78 is 0. The summed E-state index contributed by atoms with van der Waals surface area (Å²) >= 11 is 0. The Morgan fingerprint density at radius 2 is 1.02 bits per heavy atom. The summed E-state index contributed by atoms with van der Waals surface area (Å²) in [5, 5.41) is 54.7. The summed E-state index contributed by atoms with van der Waals surface area (Å²) in [4.78, 5) is 139. The van der Waals surface area contributed by atoms with Gasteiger partial charge in [-0.2, -0.15) is 0 Å². The molecule has 0 heterocycles. The molecule has 24 nitrogen and oxygen atoms in total. The van der Waals surface area contributed by atoms with Gasteiger partial charge in [0.1, 0.15) is 24.2 Å². The highest BCUT2D eigenvalue weighted by molar-refractivity contribution is 6.00. The lowest BCUT2D eigenvalue weighted by Crippen LogP contribution is -2.62. The number of aliphatic carboxylic acids is 4. The first-order valence-electron chi connectivity index (χ1n) is 19.2. The molecule has 0 aliphatic rings. The van der Waals surface area contributed by atoms with E-state index in [-0.39, 0.29) is 25.3 Å². The molecule has 0 saturated carbocycles. The van der Waals surface area contributed by atoms with Crippen molar-refractivity contribution in [2.45, 2.75) is 141 Å². The molecule has 0 spiro atoms. The first-order valence-corrected chi connectivity index (χ1v) is 19.2. The van der Waals surface area contributed by atoms with Crippen molar-refractivity contribution in [1.29, 1.82) is 0 Å². The second-order valence-electron chi connectivity index (χ2n) is 15.0. The highest BCUT2D eigenvalue weighted by Crippen LogP contribution is 2.09. The molecule has 0 aliphatic carbocycles. The number of imide groups is 1. The first kappa shape index (κ1) is 54.2. The van der Waals surface area contributed by atoms with Gasteiger partial charge in [0.25, 0.3) is 0 Å². The number of hydrogen-bond acceptors (Lipinski definition) is 14. The van der Waals surface area contributed by atoms with E-state index in [9.17, 15) is 68.1 Å². The van der Waals surface area contributed by atoms with Crippen LogP contribution in [0.1, 0.15) is 93.4 Å². The lowest BCUT2D eigenvalue weighted by molar-refractivity contribution is -0.150. The SMILES string of the molecule is CCC(=O)N(C(C)=O)[C@@H](CN)C(=O)NC[C@H](NC(=O)[C@H](CCC(=O)O)NC(C)(C)C)C(=O)N[C@@H](CCC(=O)O)C(=O)NC[C@H](NC(=O)[C@H](CCC(=O)O)NC(C)C)C(=O)O. The molecule has 0 aromatic carbocycles. The van der Waals surface area contributed by atoms with Gasteiger partial charge in [-0.25, -0.2) is 4.79 Å². The fourth-order valence-corrected chi connectivity index (χ4v) is 5.50. The third kappa shape index (κ3) is 21.3. The summed E-state index contributed by atoms with van der Waals surface area (Å²) in [6.07, 6.45) is -2.86. The summed E-state index contributed by atoms with van der Waals surface area (Å²) in [6.45, 7) is 8.72. The molecule has 0 aromatic heterocycles. The van der Waals surface area contributed by atoms with Gasteiger partial charge in [-0.05, 0) is 40.0 Å². The molecule has 0 aliphatic heterocycles. The number of rotatable bonds is 28. The maximum absolute atomic E-state index is 13.9. The zero-order valence-electron chi connectivity index (χ0n) is 34.9. The smallest absolute Gasteiger partial charge is 0.328 e. The second-order valence-corrected chi connectivity index (χ2v) is 15.0. The van der Waals surface area contributed by atoms with E-state index in [1.54, 1.807) is 34.6 Å². The van der Waals surface area contributed by atoms with Gasteiger partial charge in [-0.1, -0.05) is 20.8 Å². The van der Waals surface area contributed by atoms with Crippen molar-refractivity contribution in [2.24, 2.45) is 5.73 Å². The second kappa shape index (κ2) is 26.4. The Kier molecular flexibility index (Phi) is 23.8. The summed E-state index contributed by atoms with van der Waals surface area (Å²) in [5.41, 5.74) is 4.97. The van der Waals surface area contributed by atoms with Gasteiger partial charge in [0.2, 0.25) is 41.4 Å². The van der Waals surface area contributed by atoms with E-state index in [2.05, 4.69) is 37.2 Å². The molecule has 0 rings (SSSR count). The third-order valence-corrected chi connectivity index (χ3v) is 8.30. The largest absolute Gasteiger partial charge is 0.481 e. The maximum atomic E-state index is 13.9. The number of nitrogens with two attached hydrogens (primary N) is 1. The van der Waals surface area contributed by atoms with Crippen LogP contribution in [0.25, 0.3) is 0 Å². The molecule has 0 fully saturated rings. The van der Waals surface area contributed by atoms with Crippen molar-refractivity contribution >= 4 is 65.2 Å². The Morgan fingerprint density at radius 3 is 1.45 bits per heavy atom. The molecule has 0 saturated heterocycles. The van der Waals surface area contributed by atoms with Gasteiger partial charge in [-0.15, -0.1) is 0 Å². The zero-order chi connectivity index (χ0) is 46.5. The molecular weight excluding hydrogens is 798 g/mol. The molecule has 60 heavy (non-hydrogen) atoms. The van der Waals surface area contributed by atoms with Gasteiger partial charge in [0.15, 0.2) is 0 Å². The van der Waals surface area contributed by atoms with Crippen LogP contribution in [0.15, 0.2) is 0 Å². The number of amides is 7. The Morgan fingerprint density at radius 1 is 0.600 bits per heavy atom. The number of carboxylic acids is 4. The monoisotopic (exact) mass is 859 g/mol. The number of carbonyl (C=O) groups excluding carboxylic acids is 7. The minimum atomic E-state index is -1.79. The number of nitrogens with zero attached hydrogens (tertiary/aromatic N) is 1. The number of nitrogens with one attached hydrogen (secondary N) is 7. The van der Waals surface area contributed by atoms with Gasteiger partial charge in [-0.3, -0.25) is 52.8 Å². The van der Waals surface area contributed by atoms with Gasteiger partial charge < -0.3 is 63.4 Å². The predicted molar refractivity (Wildman–Crippen MR) is 209 cm³/mol. The van der Waals surface area contributed by atoms with Crippen LogP contribution in [-0.4, -0.2) is 158 Å². The molecule has 0 unspecified atom stereocenters. The lowest BCUT2D eigenvalue weighted by Gasteiger charge is -2.30. The van der Waals surface area contributed by atoms with Crippen molar-refractivity contribution in [3.8, 4) is 0 Å². The minimum Gasteiger partial charge on any atom is -0.481 e. The Balaban J connectivity index is 6.64. The van der Waals surface area contributed by atoms with E-state index in [1.165, 1.54) is 6.92 Å². The van der Waals surface area contributed by atoms with Crippen LogP contribution in [0.2, 0.25) is 0 Å². The van der Waals surface area contributed by atoms with Crippen molar-refractivity contribution in [2.75, 3.05) is 19.6 Å². The Bertz CT molecular complexity index is 1570. The molecule has 13 N–H and O–H groups in total. The molecule has 7 amide bonds. The summed E-state index contributed by atoms with van der Waals surface area (Å²) in [5.74, 6) is -12.2. The topological polar surface area (TPSA) is 382 Å². The molecule has 340 valence electrons. The van der Waals surface area contributed by atoms with Crippen LogP contribution >= 0.6 is 0 Å². The fourth-order valence-electron chi connectivity index (χ4n) is 5.50. The average molecular weight is 860 g/mol. The van der Waals surface area contributed by atoms with Crippen LogP contribution in [0, 0.1) is 0 Å². The van der Waals surface area contributed by atoms with Crippen LogP contribution in [0.4, 0.5) is 0 Å². The van der Waals surface area contributed by atoms with E-state index in [1.807, 2.05) is 0 Å². The molecule has 0 bridgehead atoms. The quantitative estimate of drug-likeness (QED) is 0.0365. The normalized spacial score (nSPS) is 14.2. The van der Waals surface area contributed by atoms with E-state index in [0.717, 1.165) is 6.92 Å². The standard InChI is InChI=1S/C36H61N9O15/c1-8-26(47)45(19(4)46)25(15-37)34(58)39-16-23(42-32(56)22(11-14-29(52)53)44-36(5,6)7)33(57)41-20(9-12-27(48)49)30(54)38-17-24(35(59)60)43-31(55)21(40-18(2)3)10-13-28(50)51/h18,20-25,40,44H,8-17,37H2,1-7H3,(H,38,54)(H,39,58)(H,41,57)(H,42,56)(H,43,55)(H,48,49)(H,50,51)(H,52,53)(H,59,60)/t20-,21-,22-,23-,24-,25-/m0/s1. The van der Waals surface area contributed by atoms with Gasteiger partial charge in [0.05, 0.1) is 12.1 Å². The van der Waals surface area contributed by atoms with E-state index < -0.39 is 152 Å². The zero-order valence-corrected chi connectivity index (χ0v) is 34.9. The minimum absolute atomic E-state index is 0.176. The summed E-state index contributed by atoms with van der Waals surface area (Å²) in [6, 6.07) is -9.53. The van der Waals surface area contributed by atoms with Gasteiger partial charge in [0, 0.05) is 63.8 Å².